The third-order valence-electron chi connectivity index (χ3n) is 4.24. The van der Waals surface area contributed by atoms with E-state index in [9.17, 15) is 9.59 Å². The van der Waals surface area contributed by atoms with Crippen molar-refractivity contribution < 1.29 is 14.3 Å². The minimum absolute atomic E-state index is 0.221. The molecule has 0 aliphatic heterocycles. The quantitative estimate of drug-likeness (QED) is 0.377. The number of rotatable bonds is 5. The van der Waals surface area contributed by atoms with Crippen LogP contribution in [0.4, 0.5) is 0 Å². The molecule has 0 spiro atoms. The zero-order valence-corrected chi connectivity index (χ0v) is 16.3. The summed E-state index contributed by atoms with van der Waals surface area (Å²) >= 11 is 2.94. The molecule has 0 bridgehead atoms. The lowest BCUT2D eigenvalue weighted by atomic mass is 10.0. The number of nitrogens with zero attached hydrogens (tertiary/aromatic N) is 1. The number of ether oxygens (including phenoxy) is 1. The van der Waals surface area contributed by atoms with Crippen LogP contribution in [-0.4, -0.2) is 27.8 Å². The van der Waals surface area contributed by atoms with Gasteiger partial charge >= 0.3 is 5.97 Å². The standard InChI is InChI=1S/C20H16N2O3S2/c1-11-17(13-6-3-4-7-14(13)21-11)18(23)12(2)25-20(24)15-10-27-19(22-15)16-8-5-9-26-16/h3-10,12,21H,1-2H3/t12-/m0/s1. The molecule has 1 atom stereocenters. The van der Waals surface area contributed by atoms with Gasteiger partial charge in [0.25, 0.3) is 0 Å². The Morgan fingerprint density at radius 1 is 1.15 bits per heavy atom. The summed E-state index contributed by atoms with van der Waals surface area (Å²) in [6, 6.07) is 11.5. The van der Waals surface area contributed by atoms with E-state index in [1.165, 1.54) is 11.3 Å². The number of H-pyrrole nitrogens is 1. The number of aromatic nitrogens is 2. The van der Waals surface area contributed by atoms with Crippen LogP contribution in [0.15, 0.2) is 47.2 Å². The second-order valence-corrected chi connectivity index (χ2v) is 7.90. The maximum atomic E-state index is 12.9. The Balaban J connectivity index is 1.53. The molecule has 0 fully saturated rings. The van der Waals surface area contributed by atoms with Crippen molar-refractivity contribution in [3.63, 3.8) is 0 Å². The summed E-state index contributed by atoms with van der Waals surface area (Å²) in [6.07, 6.45) is -0.901. The topological polar surface area (TPSA) is 72.1 Å². The maximum absolute atomic E-state index is 12.9. The molecule has 3 aromatic heterocycles. The normalized spacial score (nSPS) is 12.2. The third kappa shape index (κ3) is 3.31. The Hall–Kier alpha value is -2.77. The molecule has 136 valence electrons. The second-order valence-electron chi connectivity index (χ2n) is 6.10. The van der Waals surface area contributed by atoms with Crippen molar-refractivity contribution in [2.24, 2.45) is 0 Å². The van der Waals surface area contributed by atoms with Crippen LogP contribution in [0, 0.1) is 6.92 Å². The van der Waals surface area contributed by atoms with Crippen molar-refractivity contribution in [1.82, 2.24) is 9.97 Å². The number of ketones is 1. The Kier molecular flexibility index (Phi) is 4.63. The summed E-state index contributed by atoms with van der Waals surface area (Å²) in [5.41, 5.74) is 2.43. The van der Waals surface area contributed by atoms with Crippen molar-refractivity contribution in [3.05, 3.63) is 64.1 Å². The number of para-hydroxylation sites is 1. The smallest absolute Gasteiger partial charge is 0.358 e. The highest BCUT2D eigenvalue weighted by molar-refractivity contribution is 7.20. The van der Waals surface area contributed by atoms with Crippen LogP contribution < -0.4 is 0 Å². The molecule has 4 rings (SSSR count). The molecule has 0 radical (unpaired) electrons. The van der Waals surface area contributed by atoms with Gasteiger partial charge in [-0.15, -0.1) is 22.7 Å². The van der Waals surface area contributed by atoms with Crippen LogP contribution in [0.5, 0.6) is 0 Å². The molecule has 1 aromatic carbocycles. The zero-order valence-electron chi connectivity index (χ0n) is 14.7. The van der Waals surface area contributed by atoms with Crippen LogP contribution in [0.3, 0.4) is 0 Å². The van der Waals surface area contributed by atoms with Gasteiger partial charge in [-0.25, -0.2) is 9.78 Å². The van der Waals surface area contributed by atoms with Crippen LogP contribution in [0.2, 0.25) is 0 Å². The molecule has 7 heteroatoms. The number of esters is 1. The summed E-state index contributed by atoms with van der Waals surface area (Å²) in [4.78, 5) is 33.8. The fraction of sp³-hybridized carbons (Fsp3) is 0.150. The summed E-state index contributed by atoms with van der Waals surface area (Å²) in [7, 11) is 0. The van der Waals surface area contributed by atoms with Gasteiger partial charge in [-0.05, 0) is 31.4 Å². The van der Waals surface area contributed by atoms with Gasteiger partial charge in [-0.1, -0.05) is 24.3 Å². The first-order valence-corrected chi connectivity index (χ1v) is 10.1. The van der Waals surface area contributed by atoms with Gasteiger partial charge in [0.05, 0.1) is 4.88 Å². The lowest BCUT2D eigenvalue weighted by molar-refractivity contribution is 0.0314. The van der Waals surface area contributed by atoms with Crippen molar-refractivity contribution in [1.29, 1.82) is 0 Å². The van der Waals surface area contributed by atoms with E-state index in [-0.39, 0.29) is 11.5 Å². The van der Waals surface area contributed by atoms with Gasteiger partial charge in [-0.2, -0.15) is 0 Å². The highest BCUT2D eigenvalue weighted by Crippen LogP contribution is 2.28. The van der Waals surface area contributed by atoms with Gasteiger partial charge in [0.2, 0.25) is 5.78 Å². The van der Waals surface area contributed by atoms with E-state index in [2.05, 4.69) is 9.97 Å². The van der Waals surface area contributed by atoms with Gasteiger partial charge in [0.1, 0.15) is 5.01 Å². The van der Waals surface area contributed by atoms with E-state index < -0.39 is 12.1 Å². The number of thiophene rings is 1. The summed E-state index contributed by atoms with van der Waals surface area (Å²) in [5, 5.41) is 5.21. The molecule has 0 saturated heterocycles. The molecule has 0 amide bonds. The predicted molar refractivity (Wildman–Crippen MR) is 108 cm³/mol. The number of hydrogen-bond acceptors (Lipinski definition) is 6. The predicted octanol–water partition coefficient (Wildman–Crippen LogP) is 5.09. The first kappa shape index (κ1) is 17.6. The molecule has 0 unspecified atom stereocenters. The van der Waals surface area contributed by atoms with Crippen molar-refractivity contribution in [2.75, 3.05) is 0 Å². The number of Topliss-reactive ketones (excluding diaryl/α,β-unsaturated/α-hetero) is 1. The molecule has 3 heterocycles. The van der Waals surface area contributed by atoms with E-state index in [4.69, 9.17) is 4.74 Å². The highest BCUT2D eigenvalue weighted by atomic mass is 32.1. The first-order chi connectivity index (χ1) is 13.0. The molecular formula is C20H16N2O3S2. The molecule has 0 saturated carbocycles. The lowest BCUT2D eigenvalue weighted by Crippen LogP contribution is -2.25. The molecule has 5 nitrogen and oxygen atoms in total. The number of carbonyl (C=O) groups excluding carboxylic acids is 2. The number of thiazole rings is 1. The average molecular weight is 396 g/mol. The van der Waals surface area contributed by atoms with E-state index >= 15 is 0 Å². The van der Waals surface area contributed by atoms with Crippen molar-refractivity contribution in [3.8, 4) is 9.88 Å². The van der Waals surface area contributed by atoms with Gasteiger partial charge < -0.3 is 9.72 Å². The van der Waals surface area contributed by atoms with E-state index in [0.717, 1.165) is 26.5 Å². The number of aromatic amines is 1. The number of benzene rings is 1. The average Bonchev–Trinajstić information content (AvgIpc) is 3.39. The molecule has 0 aliphatic carbocycles. The first-order valence-electron chi connectivity index (χ1n) is 8.36. The summed E-state index contributed by atoms with van der Waals surface area (Å²) < 4.78 is 5.40. The SMILES string of the molecule is Cc1[nH]c2ccccc2c1C(=O)[C@H](C)OC(=O)c1csc(-c2cccs2)n1. The zero-order chi connectivity index (χ0) is 19.0. The van der Waals surface area contributed by atoms with Crippen LogP contribution in [0.1, 0.15) is 33.5 Å². The van der Waals surface area contributed by atoms with Gasteiger partial charge in [0.15, 0.2) is 11.8 Å². The van der Waals surface area contributed by atoms with Crippen molar-refractivity contribution in [2.45, 2.75) is 20.0 Å². The number of carbonyl (C=O) groups is 2. The largest absolute Gasteiger partial charge is 0.450 e. The summed E-state index contributed by atoms with van der Waals surface area (Å²) in [5.74, 6) is -0.820. The molecule has 0 aliphatic rings. The summed E-state index contributed by atoms with van der Waals surface area (Å²) in [6.45, 7) is 3.43. The molecule has 27 heavy (non-hydrogen) atoms. The number of fused-ring (bicyclic) bond motifs is 1. The molecule has 4 aromatic rings. The van der Waals surface area contributed by atoms with Crippen molar-refractivity contribution >= 4 is 45.3 Å². The van der Waals surface area contributed by atoms with E-state index in [0.29, 0.717) is 5.56 Å². The van der Waals surface area contributed by atoms with E-state index in [1.54, 1.807) is 23.6 Å². The van der Waals surface area contributed by atoms with E-state index in [1.807, 2.05) is 48.7 Å². The minimum atomic E-state index is -0.901. The fourth-order valence-corrected chi connectivity index (χ4v) is 4.56. The van der Waals surface area contributed by atoms with Gasteiger partial charge in [-0.3, -0.25) is 4.79 Å². The minimum Gasteiger partial charge on any atom is -0.450 e. The van der Waals surface area contributed by atoms with Gasteiger partial charge in [0, 0.05) is 27.5 Å². The number of hydrogen-bond donors (Lipinski definition) is 1. The Morgan fingerprint density at radius 3 is 2.74 bits per heavy atom. The second kappa shape index (κ2) is 7.09. The Bertz CT molecular complexity index is 1130. The fourth-order valence-electron chi connectivity index (χ4n) is 2.95. The monoisotopic (exact) mass is 396 g/mol. The highest BCUT2D eigenvalue weighted by Gasteiger charge is 2.25. The lowest BCUT2D eigenvalue weighted by Gasteiger charge is -2.11. The Labute approximate surface area is 163 Å². The Morgan fingerprint density at radius 2 is 1.96 bits per heavy atom. The van der Waals surface area contributed by atoms with Crippen LogP contribution in [-0.2, 0) is 4.74 Å². The molecule has 1 N–H and O–H groups in total. The number of nitrogens with one attached hydrogen (secondary N) is 1. The van der Waals surface area contributed by atoms with Crippen LogP contribution >= 0.6 is 22.7 Å². The molecular weight excluding hydrogens is 380 g/mol. The van der Waals surface area contributed by atoms with Crippen LogP contribution in [0.25, 0.3) is 20.8 Å². The third-order valence-corrected chi connectivity index (χ3v) is 6.12. The maximum Gasteiger partial charge on any atom is 0.358 e. The number of aryl methyl sites for hydroxylation is 1.